The van der Waals surface area contributed by atoms with Gasteiger partial charge in [-0.2, -0.15) is 0 Å². The Hall–Kier alpha value is -1.74. The fourth-order valence-electron chi connectivity index (χ4n) is 1.70. The smallest absolute Gasteiger partial charge is 0.211 e. The molecule has 0 aromatic heterocycles. The number of rotatable bonds is 3. The number of benzene rings is 2. The van der Waals surface area contributed by atoms with Crippen molar-refractivity contribution in [2.75, 3.05) is 7.05 Å². The molecule has 0 amide bonds. The first-order valence-corrected chi connectivity index (χ1v) is 6.34. The topological polar surface area (TPSA) is 29.4 Å². The minimum absolute atomic E-state index is 0.0552. The number of ketones is 1. The highest BCUT2D eigenvalue weighted by Crippen LogP contribution is 2.13. The third-order valence-electron chi connectivity index (χ3n) is 2.59. The third kappa shape index (κ3) is 2.74. The van der Waals surface area contributed by atoms with E-state index in [1.54, 1.807) is 19.2 Å². The van der Waals surface area contributed by atoms with E-state index in [0.29, 0.717) is 11.3 Å². The van der Waals surface area contributed by atoms with Crippen molar-refractivity contribution in [3.63, 3.8) is 0 Å². The standard InChI is InChI=1S/C15H12BrNO/c1-17-14(11-7-9-13(16)10-8-11)15(18)12-5-3-2-4-6-12/h2-10H,1H3. The molecule has 0 N–H and O–H groups in total. The molecule has 2 rings (SSSR count). The molecule has 0 aliphatic carbocycles. The van der Waals surface area contributed by atoms with Crippen molar-refractivity contribution in [1.82, 2.24) is 0 Å². The van der Waals surface area contributed by atoms with Crippen LogP contribution in [-0.4, -0.2) is 18.5 Å². The van der Waals surface area contributed by atoms with Crippen molar-refractivity contribution < 1.29 is 4.79 Å². The maximum atomic E-state index is 12.3. The van der Waals surface area contributed by atoms with Gasteiger partial charge in [-0.25, -0.2) is 0 Å². The number of hydrogen-bond acceptors (Lipinski definition) is 2. The Morgan fingerprint density at radius 2 is 1.56 bits per heavy atom. The van der Waals surface area contributed by atoms with Crippen LogP contribution < -0.4 is 0 Å². The summed E-state index contributed by atoms with van der Waals surface area (Å²) in [5, 5.41) is 0. The number of nitrogens with zero attached hydrogens (tertiary/aromatic N) is 1. The second-order valence-corrected chi connectivity index (χ2v) is 4.69. The van der Waals surface area contributed by atoms with Crippen molar-refractivity contribution in [1.29, 1.82) is 0 Å². The maximum Gasteiger partial charge on any atom is 0.211 e. The molecule has 0 unspecified atom stereocenters. The molecule has 0 heterocycles. The lowest BCUT2D eigenvalue weighted by atomic mass is 10.0. The first-order chi connectivity index (χ1) is 8.72. The van der Waals surface area contributed by atoms with Gasteiger partial charge in [-0.1, -0.05) is 58.4 Å². The van der Waals surface area contributed by atoms with Gasteiger partial charge < -0.3 is 0 Å². The van der Waals surface area contributed by atoms with Gasteiger partial charge in [0.25, 0.3) is 0 Å². The van der Waals surface area contributed by atoms with Gasteiger partial charge in [0.2, 0.25) is 5.78 Å². The van der Waals surface area contributed by atoms with E-state index in [1.165, 1.54) is 0 Å². The summed E-state index contributed by atoms with van der Waals surface area (Å²) in [6.07, 6.45) is 0. The molecule has 2 aromatic carbocycles. The van der Waals surface area contributed by atoms with Gasteiger partial charge in [0, 0.05) is 22.6 Å². The number of hydrogen-bond donors (Lipinski definition) is 0. The molecule has 0 saturated heterocycles. The zero-order valence-electron chi connectivity index (χ0n) is 9.93. The minimum atomic E-state index is -0.0552. The van der Waals surface area contributed by atoms with Crippen LogP contribution >= 0.6 is 15.9 Å². The number of Topliss-reactive ketones (excluding diaryl/α,β-unsaturated/α-hetero) is 1. The van der Waals surface area contributed by atoms with Crippen molar-refractivity contribution in [3.8, 4) is 0 Å². The average Bonchev–Trinajstić information content (AvgIpc) is 2.42. The highest BCUT2D eigenvalue weighted by molar-refractivity contribution is 9.10. The second kappa shape index (κ2) is 5.74. The van der Waals surface area contributed by atoms with Gasteiger partial charge in [-0.15, -0.1) is 0 Å². The highest BCUT2D eigenvalue weighted by Gasteiger charge is 2.14. The predicted octanol–water partition coefficient (Wildman–Crippen LogP) is 3.75. The molecule has 0 radical (unpaired) electrons. The Labute approximate surface area is 115 Å². The number of aliphatic imine (C=N–C) groups is 1. The van der Waals surface area contributed by atoms with Crippen LogP contribution in [0.5, 0.6) is 0 Å². The third-order valence-corrected chi connectivity index (χ3v) is 3.12. The molecule has 0 aliphatic rings. The molecule has 2 aromatic rings. The normalized spacial score (nSPS) is 11.3. The lowest BCUT2D eigenvalue weighted by Crippen LogP contribution is -2.15. The van der Waals surface area contributed by atoms with Crippen LogP contribution in [0, 0.1) is 0 Å². The van der Waals surface area contributed by atoms with Crippen molar-refractivity contribution >= 4 is 27.4 Å². The largest absolute Gasteiger partial charge is 0.287 e. The molecule has 90 valence electrons. The predicted molar refractivity (Wildman–Crippen MR) is 77.4 cm³/mol. The molecule has 2 nitrogen and oxygen atoms in total. The Morgan fingerprint density at radius 1 is 0.944 bits per heavy atom. The summed E-state index contributed by atoms with van der Waals surface area (Å²) in [6.45, 7) is 0. The SMILES string of the molecule is CN=C(C(=O)c1ccccc1)c1ccc(Br)cc1. The van der Waals surface area contributed by atoms with E-state index in [9.17, 15) is 4.79 Å². The Balaban J connectivity index is 2.36. The van der Waals surface area contributed by atoms with E-state index in [-0.39, 0.29) is 5.78 Å². The molecule has 0 spiro atoms. The molecule has 0 saturated carbocycles. The molecule has 3 heteroatoms. The van der Waals surface area contributed by atoms with Gasteiger partial charge in [0.05, 0.1) is 0 Å². The van der Waals surface area contributed by atoms with Gasteiger partial charge >= 0.3 is 0 Å². The number of carbonyl (C=O) groups excluding carboxylic acids is 1. The lowest BCUT2D eigenvalue weighted by molar-refractivity contribution is 0.106. The van der Waals surface area contributed by atoms with E-state index >= 15 is 0 Å². The summed E-state index contributed by atoms with van der Waals surface area (Å²) in [4.78, 5) is 16.4. The molecular formula is C15H12BrNO. The van der Waals surface area contributed by atoms with E-state index in [1.807, 2.05) is 42.5 Å². The molecule has 18 heavy (non-hydrogen) atoms. The van der Waals surface area contributed by atoms with Crippen LogP contribution in [0.15, 0.2) is 64.1 Å². The highest BCUT2D eigenvalue weighted by atomic mass is 79.9. The molecular weight excluding hydrogens is 290 g/mol. The minimum Gasteiger partial charge on any atom is -0.287 e. The van der Waals surface area contributed by atoms with Gasteiger partial charge in [-0.05, 0) is 12.1 Å². The maximum absolute atomic E-state index is 12.3. The van der Waals surface area contributed by atoms with Crippen LogP contribution in [0.25, 0.3) is 0 Å². The van der Waals surface area contributed by atoms with Crippen LogP contribution in [0.1, 0.15) is 15.9 Å². The van der Waals surface area contributed by atoms with E-state index < -0.39 is 0 Å². The number of carbonyl (C=O) groups is 1. The molecule has 0 fully saturated rings. The molecule has 0 aliphatic heterocycles. The summed E-state index contributed by atoms with van der Waals surface area (Å²) in [5.41, 5.74) is 1.96. The van der Waals surface area contributed by atoms with Crippen LogP contribution in [0.2, 0.25) is 0 Å². The summed E-state index contributed by atoms with van der Waals surface area (Å²) in [7, 11) is 1.64. The fraction of sp³-hybridized carbons (Fsp3) is 0.0667. The average molecular weight is 302 g/mol. The Kier molecular flexibility index (Phi) is 4.05. The second-order valence-electron chi connectivity index (χ2n) is 3.77. The van der Waals surface area contributed by atoms with Crippen LogP contribution in [0.4, 0.5) is 0 Å². The van der Waals surface area contributed by atoms with Crippen molar-refractivity contribution in [2.24, 2.45) is 4.99 Å². The van der Waals surface area contributed by atoms with E-state index in [2.05, 4.69) is 20.9 Å². The Bertz CT molecular complexity index is 573. The summed E-state index contributed by atoms with van der Waals surface area (Å²) in [5.74, 6) is -0.0552. The summed E-state index contributed by atoms with van der Waals surface area (Å²) >= 11 is 3.37. The fourth-order valence-corrected chi connectivity index (χ4v) is 1.96. The zero-order valence-corrected chi connectivity index (χ0v) is 11.5. The van der Waals surface area contributed by atoms with Crippen molar-refractivity contribution in [3.05, 3.63) is 70.2 Å². The quantitative estimate of drug-likeness (QED) is 0.627. The zero-order chi connectivity index (χ0) is 13.0. The lowest BCUT2D eigenvalue weighted by Gasteiger charge is -2.05. The van der Waals surface area contributed by atoms with Crippen LogP contribution in [0.3, 0.4) is 0 Å². The monoisotopic (exact) mass is 301 g/mol. The number of halogens is 1. The first-order valence-electron chi connectivity index (χ1n) is 5.55. The van der Waals surface area contributed by atoms with E-state index in [4.69, 9.17) is 0 Å². The molecule has 0 bridgehead atoms. The first kappa shape index (κ1) is 12.7. The molecule has 0 atom stereocenters. The summed E-state index contributed by atoms with van der Waals surface area (Å²) in [6, 6.07) is 16.8. The van der Waals surface area contributed by atoms with Gasteiger partial charge in [0.1, 0.15) is 5.71 Å². The Morgan fingerprint density at radius 3 is 2.11 bits per heavy atom. The van der Waals surface area contributed by atoms with Crippen LogP contribution in [-0.2, 0) is 0 Å². The van der Waals surface area contributed by atoms with Gasteiger partial charge in [0.15, 0.2) is 0 Å². The van der Waals surface area contributed by atoms with Crippen molar-refractivity contribution in [2.45, 2.75) is 0 Å². The summed E-state index contributed by atoms with van der Waals surface area (Å²) < 4.78 is 0.980. The van der Waals surface area contributed by atoms with Gasteiger partial charge in [-0.3, -0.25) is 9.79 Å². The van der Waals surface area contributed by atoms with E-state index in [0.717, 1.165) is 10.0 Å².